The molecular weight excluding hydrogens is 270 g/mol. The Hall–Kier alpha value is -2.24. The van der Waals surface area contributed by atoms with E-state index < -0.39 is 5.91 Å². The van der Waals surface area contributed by atoms with Gasteiger partial charge in [0.25, 0.3) is 5.91 Å². The molecule has 0 atom stereocenters. The number of carbonyl (C=O) groups is 2. The monoisotopic (exact) mass is 291 g/mol. The molecule has 2 rings (SSSR count). The number of hydrogen-bond acceptors (Lipinski definition) is 4. The van der Waals surface area contributed by atoms with E-state index in [2.05, 4.69) is 0 Å². The fraction of sp³-hybridized carbons (Fsp3) is 0.467. The summed E-state index contributed by atoms with van der Waals surface area (Å²) < 4.78 is 5.45. The molecule has 1 fully saturated rings. The van der Waals surface area contributed by atoms with Gasteiger partial charge in [0.2, 0.25) is 5.91 Å². The van der Waals surface area contributed by atoms with Crippen LogP contribution in [0, 0.1) is 0 Å². The maximum Gasteiger partial charge on any atom is 0.261 e. The first kappa shape index (κ1) is 15.2. The van der Waals surface area contributed by atoms with Gasteiger partial charge in [0, 0.05) is 6.04 Å². The molecule has 6 heteroatoms. The highest BCUT2D eigenvalue weighted by Gasteiger charge is 2.28. The molecule has 4 N–H and O–H groups in total. The summed E-state index contributed by atoms with van der Waals surface area (Å²) in [5.41, 5.74) is 11.5. The minimum atomic E-state index is -0.505. The van der Waals surface area contributed by atoms with E-state index in [9.17, 15) is 9.59 Å². The van der Waals surface area contributed by atoms with E-state index in [-0.39, 0.29) is 25.1 Å². The number of nitrogen functional groups attached to an aromatic ring is 1. The van der Waals surface area contributed by atoms with Crippen LogP contribution in [0.5, 0.6) is 5.75 Å². The number of benzene rings is 1. The molecule has 0 aliphatic heterocycles. The third-order valence-electron chi connectivity index (χ3n) is 3.68. The molecule has 1 aromatic carbocycles. The molecule has 0 bridgehead atoms. The molecule has 2 amide bonds. The van der Waals surface area contributed by atoms with Crippen LogP contribution in [-0.4, -0.2) is 35.9 Å². The van der Waals surface area contributed by atoms with Crippen LogP contribution in [0.3, 0.4) is 0 Å². The molecule has 114 valence electrons. The lowest BCUT2D eigenvalue weighted by molar-refractivity contribution is -0.139. The minimum Gasteiger partial charge on any atom is -0.482 e. The Morgan fingerprint density at radius 3 is 2.52 bits per heavy atom. The second-order valence-corrected chi connectivity index (χ2v) is 5.25. The fourth-order valence-electron chi connectivity index (χ4n) is 2.64. The quantitative estimate of drug-likeness (QED) is 0.761. The third kappa shape index (κ3) is 4.11. The number of ether oxygens (including phenoxy) is 1. The number of hydrogen-bond donors (Lipinski definition) is 2. The van der Waals surface area contributed by atoms with Gasteiger partial charge in [-0.2, -0.15) is 0 Å². The summed E-state index contributed by atoms with van der Waals surface area (Å²) in [7, 11) is 0. The van der Waals surface area contributed by atoms with Gasteiger partial charge in [0.1, 0.15) is 5.75 Å². The Morgan fingerprint density at radius 2 is 1.90 bits per heavy atom. The minimum absolute atomic E-state index is 0.0584. The number of nitrogens with two attached hydrogens (primary N) is 2. The Bertz CT molecular complexity index is 513. The number of anilines is 1. The van der Waals surface area contributed by atoms with Crippen LogP contribution in [0.2, 0.25) is 0 Å². The normalized spacial score (nSPS) is 14.9. The van der Waals surface area contributed by atoms with Gasteiger partial charge in [-0.15, -0.1) is 0 Å². The van der Waals surface area contributed by atoms with E-state index in [0.29, 0.717) is 11.4 Å². The summed E-state index contributed by atoms with van der Waals surface area (Å²) in [6.45, 7) is -0.199. The van der Waals surface area contributed by atoms with Gasteiger partial charge in [0.15, 0.2) is 6.61 Å². The fourth-order valence-corrected chi connectivity index (χ4v) is 2.64. The Balaban J connectivity index is 1.97. The molecule has 0 radical (unpaired) electrons. The number of nitrogens with zero attached hydrogens (tertiary/aromatic N) is 1. The number of rotatable bonds is 6. The van der Waals surface area contributed by atoms with Crippen molar-refractivity contribution >= 4 is 17.5 Å². The molecule has 21 heavy (non-hydrogen) atoms. The zero-order chi connectivity index (χ0) is 15.2. The lowest BCUT2D eigenvalue weighted by Gasteiger charge is -2.27. The van der Waals surface area contributed by atoms with Crippen LogP contribution in [0.15, 0.2) is 24.3 Å². The average molecular weight is 291 g/mol. The highest BCUT2D eigenvalue weighted by molar-refractivity contribution is 5.85. The summed E-state index contributed by atoms with van der Waals surface area (Å²) in [6, 6.07) is 7.08. The van der Waals surface area contributed by atoms with Crippen molar-refractivity contribution in [2.75, 3.05) is 18.9 Å². The number of primary amides is 1. The maximum absolute atomic E-state index is 12.3. The summed E-state index contributed by atoms with van der Waals surface area (Å²) in [6.07, 6.45) is 3.96. The van der Waals surface area contributed by atoms with Crippen molar-refractivity contribution in [3.8, 4) is 5.75 Å². The van der Waals surface area contributed by atoms with Gasteiger partial charge < -0.3 is 21.1 Å². The topological polar surface area (TPSA) is 98.7 Å². The number of carbonyl (C=O) groups excluding carboxylic acids is 2. The molecule has 1 saturated carbocycles. The predicted octanol–water partition coefficient (Wildman–Crippen LogP) is 0.904. The molecule has 0 unspecified atom stereocenters. The molecule has 0 aromatic heterocycles. The first-order valence-electron chi connectivity index (χ1n) is 7.13. The lowest BCUT2D eigenvalue weighted by atomic mass is 10.2. The van der Waals surface area contributed by atoms with Crippen molar-refractivity contribution in [2.24, 2.45) is 5.73 Å². The lowest BCUT2D eigenvalue weighted by Crippen LogP contribution is -2.46. The number of amides is 2. The van der Waals surface area contributed by atoms with E-state index in [4.69, 9.17) is 16.2 Å². The molecule has 1 aromatic rings. The molecule has 0 saturated heterocycles. The first-order chi connectivity index (χ1) is 10.1. The molecule has 6 nitrogen and oxygen atoms in total. The van der Waals surface area contributed by atoms with E-state index in [1.807, 2.05) is 0 Å². The highest BCUT2D eigenvalue weighted by atomic mass is 16.5. The highest BCUT2D eigenvalue weighted by Crippen LogP contribution is 2.24. The van der Waals surface area contributed by atoms with Crippen molar-refractivity contribution < 1.29 is 14.3 Å². The van der Waals surface area contributed by atoms with Crippen LogP contribution < -0.4 is 16.2 Å². The summed E-state index contributed by atoms with van der Waals surface area (Å²) in [4.78, 5) is 25.0. The van der Waals surface area contributed by atoms with Crippen molar-refractivity contribution in [3.63, 3.8) is 0 Å². The summed E-state index contributed by atoms with van der Waals surface area (Å²) in [5.74, 6) is -0.269. The van der Waals surface area contributed by atoms with Crippen molar-refractivity contribution in [2.45, 2.75) is 31.7 Å². The van der Waals surface area contributed by atoms with Crippen LogP contribution in [0.4, 0.5) is 5.69 Å². The van der Waals surface area contributed by atoms with Crippen LogP contribution in [0.1, 0.15) is 25.7 Å². The summed E-state index contributed by atoms with van der Waals surface area (Å²) >= 11 is 0. The molecule has 1 aliphatic carbocycles. The van der Waals surface area contributed by atoms with Crippen LogP contribution in [0.25, 0.3) is 0 Å². The van der Waals surface area contributed by atoms with E-state index in [1.54, 1.807) is 24.3 Å². The first-order valence-corrected chi connectivity index (χ1v) is 7.13. The van der Waals surface area contributed by atoms with E-state index in [0.717, 1.165) is 25.7 Å². The van der Waals surface area contributed by atoms with Gasteiger partial charge in [-0.05, 0) is 25.0 Å². The van der Waals surface area contributed by atoms with Gasteiger partial charge >= 0.3 is 0 Å². The molecular formula is C15H21N3O3. The smallest absolute Gasteiger partial charge is 0.261 e. The van der Waals surface area contributed by atoms with Gasteiger partial charge in [-0.3, -0.25) is 9.59 Å². The van der Waals surface area contributed by atoms with Crippen molar-refractivity contribution in [1.82, 2.24) is 4.90 Å². The second-order valence-electron chi connectivity index (χ2n) is 5.25. The van der Waals surface area contributed by atoms with Gasteiger partial charge in [-0.25, -0.2) is 0 Å². The Morgan fingerprint density at radius 1 is 1.24 bits per heavy atom. The largest absolute Gasteiger partial charge is 0.482 e. The Kier molecular flexibility index (Phi) is 5.03. The van der Waals surface area contributed by atoms with E-state index in [1.165, 1.54) is 4.90 Å². The van der Waals surface area contributed by atoms with Gasteiger partial charge in [0.05, 0.1) is 12.2 Å². The van der Waals surface area contributed by atoms with Crippen molar-refractivity contribution in [1.29, 1.82) is 0 Å². The zero-order valence-corrected chi connectivity index (χ0v) is 12.0. The predicted molar refractivity (Wildman–Crippen MR) is 79.5 cm³/mol. The molecule has 0 spiro atoms. The summed E-state index contributed by atoms with van der Waals surface area (Å²) in [5, 5.41) is 0. The van der Waals surface area contributed by atoms with Crippen LogP contribution >= 0.6 is 0 Å². The van der Waals surface area contributed by atoms with Crippen LogP contribution in [-0.2, 0) is 9.59 Å². The SMILES string of the molecule is NC(=O)CN(C(=O)COc1ccccc1N)C1CCCC1. The van der Waals surface area contributed by atoms with E-state index >= 15 is 0 Å². The number of para-hydroxylation sites is 2. The molecule has 1 aliphatic rings. The average Bonchev–Trinajstić information content (AvgIpc) is 2.97. The third-order valence-corrected chi connectivity index (χ3v) is 3.68. The van der Waals surface area contributed by atoms with Gasteiger partial charge in [-0.1, -0.05) is 25.0 Å². The standard InChI is InChI=1S/C15H21N3O3/c16-12-7-3-4-8-13(12)21-10-15(20)18(9-14(17)19)11-5-1-2-6-11/h3-4,7-8,11H,1-2,5-6,9-10,16H2,(H2,17,19). The second kappa shape index (κ2) is 6.97. The Labute approximate surface area is 124 Å². The molecule has 0 heterocycles. The van der Waals surface area contributed by atoms with Crippen molar-refractivity contribution in [3.05, 3.63) is 24.3 Å². The maximum atomic E-state index is 12.3. The zero-order valence-electron chi connectivity index (χ0n) is 12.0.